The molecule has 8 nitrogen and oxygen atoms in total. The van der Waals surface area contributed by atoms with E-state index in [1.807, 2.05) is 11.6 Å². The van der Waals surface area contributed by atoms with Crippen LogP contribution in [0.15, 0.2) is 35.5 Å². The predicted octanol–water partition coefficient (Wildman–Crippen LogP) is 3.57. The second-order valence-corrected chi connectivity index (χ2v) is 8.63. The van der Waals surface area contributed by atoms with Crippen molar-refractivity contribution in [2.45, 2.75) is 37.4 Å². The van der Waals surface area contributed by atoms with Crippen molar-refractivity contribution < 1.29 is 30.7 Å². The molecule has 2 heterocycles. The first kappa shape index (κ1) is 24.4. The Kier molecular flexibility index (Phi) is 7.50. The van der Waals surface area contributed by atoms with Crippen LogP contribution >= 0.6 is 0 Å². The van der Waals surface area contributed by atoms with Crippen LogP contribution in [0.4, 0.5) is 17.6 Å². The monoisotopic (exact) mass is 485 g/mol. The van der Waals surface area contributed by atoms with Gasteiger partial charge in [0.2, 0.25) is 10.0 Å². The number of fused-ring (bicyclic) bond motifs is 1. The Balaban J connectivity index is 2.11. The molecule has 33 heavy (non-hydrogen) atoms. The van der Waals surface area contributed by atoms with Gasteiger partial charge >= 0.3 is 6.61 Å². The van der Waals surface area contributed by atoms with Crippen LogP contribution in [0.1, 0.15) is 18.9 Å². The zero-order chi connectivity index (χ0) is 24.2. The summed E-state index contributed by atoms with van der Waals surface area (Å²) in [6.07, 6.45) is 2.53. The van der Waals surface area contributed by atoms with Crippen molar-refractivity contribution in [3.63, 3.8) is 0 Å². The number of nitrogens with one attached hydrogen (secondary N) is 1. The molecule has 0 amide bonds. The van der Waals surface area contributed by atoms with E-state index in [9.17, 15) is 31.2 Å². The molecular formula is C20H19F4N5O3S. The van der Waals surface area contributed by atoms with Crippen LogP contribution in [0.2, 0.25) is 0 Å². The Morgan fingerprint density at radius 2 is 1.88 bits per heavy atom. The van der Waals surface area contributed by atoms with E-state index in [1.54, 1.807) is 4.57 Å². The van der Waals surface area contributed by atoms with E-state index in [0.717, 1.165) is 12.4 Å². The molecule has 176 valence electrons. The van der Waals surface area contributed by atoms with E-state index in [0.29, 0.717) is 23.9 Å². The third kappa shape index (κ3) is 5.07. The fraction of sp³-hybridized carbons (Fsp3) is 0.350. The quantitative estimate of drug-likeness (QED) is 0.440. The molecule has 1 N–H and O–H groups in total. The minimum Gasteiger partial charge on any atom is -0.435 e. The SMILES string of the molecule is CCCn1c(-c2ncc(S(=O)(=O)NC(CF)CF)cn2)c(C#N)c2ccc(OC(F)F)cc21. The van der Waals surface area contributed by atoms with Gasteiger partial charge in [-0.2, -0.15) is 14.0 Å². The smallest absolute Gasteiger partial charge is 0.387 e. The van der Waals surface area contributed by atoms with E-state index < -0.39 is 40.9 Å². The average Bonchev–Trinajstić information content (AvgIpc) is 3.10. The molecule has 0 fully saturated rings. The molecule has 1 aromatic carbocycles. The summed E-state index contributed by atoms with van der Waals surface area (Å²) in [5, 5.41) is 10.2. The Hall–Kier alpha value is -3.24. The lowest BCUT2D eigenvalue weighted by atomic mass is 10.1. The average molecular weight is 485 g/mol. The van der Waals surface area contributed by atoms with E-state index in [1.165, 1.54) is 18.2 Å². The Morgan fingerprint density at radius 1 is 1.21 bits per heavy atom. The fourth-order valence-corrected chi connectivity index (χ4v) is 4.36. The van der Waals surface area contributed by atoms with Crippen LogP contribution in [-0.2, 0) is 16.6 Å². The number of aromatic nitrogens is 3. The molecule has 0 aliphatic carbocycles. The van der Waals surface area contributed by atoms with Crippen LogP contribution in [-0.4, -0.2) is 49.0 Å². The van der Waals surface area contributed by atoms with E-state index in [-0.39, 0.29) is 22.8 Å². The van der Waals surface area contributed by atoms with Crippen molar-refractivity contribution >= 4 is 20.9 Å². The van der Waals surface area contributed by atoms with Crippen molar-refractivity contribution in [2.24, 2.45) is 0 Å². The molecular weight excluding hydrogens is 466 g/mol. The number of ether oxygens (including phenoxy) is 1. The Morgan fingerprint density at radius 3 is 2.42 bits per heavy atom. The largest absolute Gasteiger partial charge is 0.435 e. The Bertz CT molecular complexity index is 1270. The van der Waals surface area contributed by atoms with Gasteiger partial charge in [-0.1, -0.05) is 6.92 Å². The summed E-state index contributed by atoms with van der Waals surface area (Å²) in [5.41, 5.74) is 0.883. The molecule has 0 bridgehead atoms. The van der Waals surface area contributed by atoms with Gasteiger partial charge in [-0.3, -0.25) is 0 Å². The molecule has 0 atom stereocenters. The maximum atomic E-state index is 12.7. The van der Waals surface area contributed by atoms with Gasteiger partial charge in [-0.05, 0) is 18.6 Å². The van der Waals surface area contributed by atoms with Gasteiger partial charge < -0.3 is 9.30 Å². The lowest BCUT2D eigenvalue weighted by molar-refractivity contribution is -0.0497. The predicted molar refractivity (Wildman–Crippen MR) is 111 cm³/mol. The number of nitriles is 1. The van der Waals surface area contributed by atoms with Crippen LogP contribution in [0.3, 0.4) is 0 Å². The van der Waals surface area contributed by atoms with Crippen molar-refractivity contribution in [1.82, 2.24) is 19.3 Å². The normalized spacial score (nSPS) is 11.9. The van der Waals surface area contributed by atoms with Gasteiger partial charge in [0.25, 0.3) is 0 Å². The van der Waals surface area contributed by atoms with Gasteiger partial charge in [0, 0.05) is 18.0 Å². The first-order chi connectivity index (χ1) is 15.7. The summed E-state index contributed by atoms with van der Waals surface area (Å²) in [7, 11) is -4.27. The highest BCUT2D eigenvalue weighted by molar-refractivity contribution is 7.89. The number of nitrogens with zero attached hydrogens (tertiary/aromatic N) is 4. The third-order valence-electron chi connectivity index (χ3n) is 4.66. The lowest BCUT2D eigenvalue weighted by Crippen LogP contribution is -2.38. The summed E-state index contributed by atoms with van der Waals surface area (Å²) in [4.78, 5) is 7.69. The summed E-state index contributed by atoms with van der Waals surface area (Å²) in [5.74, 6) is -0.0777. The van der Waals surface area contributed by atoms with E-state index >= 15 is 0 Å². The van der Waals surface area contributed by atoms with E-state index in [4.69, 9.17) is 0 Å². The summed E-state index contributed by atoms with van der Waals surface area (Å²) < 4.78 is 83.3. The molecule has 0 saturated heterocycles. The van der Waals surface area contributed by atoms with Crippen molar-refractivity contribution in [1.29, 1.82) is 5.26 Å². The molecule has 0 aliphatic rings. The second kappa shape index (κ2) is 10.1. The standard InChI is InChI=1S/C20H19F4N5O3S/c1-2-5-29-17-6-13(32-20(23)24)3-4-15(17)16(9-25)18(29)19-26-10-14(11-27-19)33(30,31)28-12(7-21)8-22/h3-4,6,10-12,20,28H,2,5,7-8H2,1H3. The number of hydrogen-bond acceptors (Lipinski definition) is 6. The molecule has 3 aromatic rings. The number of benzene rings is 1. The minimum atomic E-state index is -4.27. The summed E-state index contributed by atoms with van der Waals surface area (Å²) >= 11 is 0. The van der Waals surface area contributed by atoms with Crippen LogP contribution in [0.5, 0.6) is 5.75 Å². The summed E-state index contributed by atoms with van der Waals surface area (Å²) in [6.45, 7) is -3.22. The molecule has 0 spiro atoms. The topological polar surface area (TPSA) is 110 Å². The van der Waals surface area contributed by atoms with Crippen molar-refractivity contribution in [3.05, 3.63) is 36.2 Å². The van der Waals surface area contributed by atoms with Crippen LogP contribution in [0, 0.1) is 11.3 Å². The zero-order valence-electron chi connectivity index (χ0n) is 17.3. The van der Waals surface area contributed by atoms with Crippen LogP contribution < -0.4 is 9.46 Å². The number of alkyl halides is 4. The molecule has 0 saturated carbocycles. The first-order valence-electron chi connectivity index (χ1n) is 9.73. The highest BCUT2D eigenvalue weighted by Gasteiger charge is 2.24. The molecule has 3 rings (SSSR count). The lowest BCUT2D eigenvalue weighted by Gasteiger charge is -2.12. The van der Waals surface area contributed by atoms with E-state index in [2.05, 4.69) is 20.8 Å². The molecule has 0 aliphatic heterocycles. The fourth-order valence-electron chi connectivity index (χ4n) is 3.28. The van der Waals surface area contributed by atoms with Crippen molar-refractivity contribution in [3.8, 4) is 23.3 Å². The van der Waals surface area contributed by atoms with Gasteiger partial charge in [-0.25, -0.2) is 31.9 Å². The van der Waals surface area contributed by atoms with Gasteiger partial charge in [0.15, 0.2) is 5.82 Å². The Labute approximate surface area is 186 Å². The molecule has 0 unspecified atom stereocenters. The minimum absolute atomic E-state index is 0.0130. The highest BCUT2D eigenvalue weighted by atomic mass is 32.2. The number of aryl methyl sites for hydroxylation is 1. The summed E-state index contributed by atoms with van der Waals surface area (Å²) in [6, 6.07) is 4.68. The molecule has 0 radical (unpaired) electrons. The van der Waals surface area contributed by atoms with Gasteiger partial charge in [-0.15, -0.1) is 0 Å². The van der Waals surface area contributed by atoms with Gasteiger partial charge in [0.1, 0.15) is 35.8 Å². The maximum absolute atomic E-state index is 12.7. The first-order valence-corrected chi connectivity index (χ1v) is 11.2. The number of halogens is 4. The number of rotatable bonds is 10. The third-order valence-corrected chi connectivity index (χ3v) is 6.14. The number of sulfonamides is 1. The van der Waals surface area contributed by atoms with Crippen molar-refractivity contribution in [2.75, 3.05) is 13.3 Å². The second-order valence-electron chi connectivity index (χ2n) is 6.91. The zero-order valence-corrected chi connectivity index (χ0v) is 18.1. The van der Waals surface area contributed by atoms with Crippen LogP contribution in [0.25, 0.3) is 22.4 Å². The van der Waals surface area contributed by atoms with Gasteiger partial charge in [0.05, 0.1) is 29.5 Å². The maximum Gasteiger partial charge on any atom is 0.387 e. The number of hydrogen-bond donors (Lipinski definition) is 1. The highest BCUT2D eigenvalue weighted by Crippen LogP contribution is 2.34. The molecule has 13 heteroatoms. The molecule has 2 aromatic heterocycles.